The standard InChI is InChI=1S/C24H37ClO4/c1-3-4-5-6-7-8-9-10-11-12-13-16-19-29-21-18-15-14-17-20(21)23(26)22(25)24(27)28-2/h14-15,17-18,22H,3-13,16,19H2,1-2H3. The lowest BCUT2D eigenvalue weighted by Crippen LogP contribution is -2.26. The second kappa shape index (κ2) is 16.3. The fourth-order valence-electron chi connectivity index (χ4n) is 3.27. The van der Waals surface area contributed by atoms with Crippen molar-refractivity contribution in [2.45, 2.75) is 89.4 Å². The first-order valence-corrected chi connectivity index (χ1v) is 11.5. The predicted molar refractivity (Wildman–Crippen MR) is 119 cm³/mol. The number of rotatable bonds is 17. The SMILES string of the molecule is CCCCCCCCCCCCCCOc1ccccc1C(=O)C(Cl)C(=O)OC. The number of hydrogen-bond acceptors (Lipinski definition) is 4. The van der Waals surface area contributed by atoms with Gasteiger partial charge in [0.25, 0.3) is 0 Å². The minimum absolute atomic E-state index is 0.317. The Morgan fingerprint density at radius 1 is 0.862 bits per heavy atom. The minimum atomic E-state index is -1.35. The lowest BCUT2D eigenvalue weighted by Gasteiger charge is -2.12. The molecule has 1 rings (SSSR count). The molecule has 4 nitrogen and oxygen atoms in total. The number of para-hydroxylation sites is 1. The number of unbranched alkanes of at least 4 members (excludes halogenated alkanes) is 11. The van der Waals surface area contributed by atoms with Gasteiger partial charge in [0, 0.05) is 0 Å². The van der Waals surface area contributed by atoms with Crippen molar-refractivity contribution >= 4 is 23.4 Å². The van der Waals surface area contributed by atoms with Gasteiger partial charge in [-0.05, 0) is 18.6 Å². The van der Waals surface area contributed by atoms with Crippen molar-refractivity contribution < 1.29 is 19.1 Å². The first-order valence-electron chi connectivity index (χ1n) is 11.1. The zero-order valence-electron chi connectivity index (χ0n) is 18.1. The topological polar surface area (TPSA) is 52.6 Å². The normalized spacial score (nSPS) is 11.8. The number of ketones is 1. The molecule has 1 aromatic carbocycles. The first-order chi connectivity index (χ1) is 14.1. The Morgan fingerprint density at radius 2 is 1.38 bits per heavy atom. The maximum atomic E-state index is 12.4. The van der Waals surface area contributed by atoms with Crippen molar-refractivity contribution in [3.63, 3.8) is 0 Å². The molecule has 0 aliphatic carbocycles. The van der Waals surface area contributed by atoms with Crippen LogP contribution in [0.4, 0.5) is 0 Å². The molecule has 0 radical (unpaired) electrons. The van der Waals surface area contributed by atoms with E-state index >= 15 is 0 Å². The highest BCUT2D eigenvalue weighted by Crippen LogP contribution is 2.22. The van der Waals surface area contributed by atoms with Crippen LogP contribution in [-0.2, 0) is 9.53 Å². The fourth-order valence-corrected chi connectivity index (χ4v) is 3.47. The van der Waals surface area contributed by atoms with Crippen LogP contribution in [0.1, 0.15) is 94.3 Å². The molecule has 0 fully saturated rings. The lowest BCUT2D eigenvalue weighted by atomic mass is 10.1. The van der Waals surface area contributed by atoms with E-state index in [9.17, 15) is 9.59 Å². The van der Waals surface area contributed by atoms with Crippen LogP contribution in [0.5, 0.6) is 5.75 Å². The Balaban J connectivity index is 2.18. The smallest absolute Gasteiger partial charge is 0.331 e. The van der Waals surface area contributed by atoms with Crippen LogP contribution < -0.4 is 4.74 Å². The van der Waals surface area contributed by atoms with Crippen molar-refractivity contribution in [1.29, 1.82) is 0 Å². The van der Waals surface area contributed by atoms with Gasteiger partial charge >= 0.3 is 5.97 Å². The average Bonchev–Trinajstić information content (AvgIpc) is 2.75. The summed E-state index contributed by atoms with van der Waals surface area (Å²) in [6, 6.07) is 6.88. The largest absolute Gasteiger partial charge is 0.493 e. The van der Waals surface area contributed by atoms with Gasteiger partial charge in [-0.3, -0.25) is 4.79 Å². The Hall–Kier alpha value is -1.55. The number of hydrogen-bond donors (Lipinski definition) is 0. The quantitative estimate of drug-likeness (QED) is 0.0914. The van der Waals surface area contributed by atoms with Crippen molar-refractivity contribution in [3.8, 4) is 5.75 Å². The molecule has 0 aromatic heterocycles. The van der Waals surface area contributed by atoms with Gasteiger partial charge in [-0.1, -0.05) is 89.7 Å². The molecule has 5 heteroatoms. The molecule has 0 aliphatic heterocycles. The highest BCUT2D eigenvalue weighted by Gasteiger charge is 2.28. The number of benzene rings is 1. The average molecular weight is 425 g/mol. The monoisotopic (exact) mass is 424 g/mol. The fraction of sp³-hybridized carbons (Fsp3) is 0.667. The number of ether oxygens (including phenoxy) is 2. The molecule has 1 aromatic rings. The van der Waals surface area contributed by atoms with Gasteiger partial charge in [-0.2, -0.15) is 0 Å². The number of alkyl halides is 1. The van der Waals surface area contributed by atoms with Crippen LogP contribution in [0.15, 0.2) is 24.3 Å². The molecule has 1 unspecified atom stereocenters. The number of esters is 1. The van der Waals surface area contributed by atoms with Crippen molar-refractivity contribution in [2.24, 2.45) is 0 Å². The van der Waals surface area contributed by atoms with Crippen LogP contribution in [0.2, 0.25) is 0 Å². The van der Waals surface area contributed by atoms with E-state index < -0.39 is 17.1 Å². The molecule has 0 spiro atoms. The van der Waals surface area contributed by atoms with Gasteiger partial charge in [-0.25, -0.2) is 4.79 Å². The molecule has 0 saturated carbocycles. The zero-order valence-corrected chi connectivity index (χ0v) is 18.8. The van der Waals surface area contributed by atoms with Crippen LogP contribution >= 0.6 is 11.6 Å². The van der Waals surface area contributed by atoms with E-state index in [-0.39, 0.29) is 0 Å². The second-order valence-corrected chi connectivity index (χ2v) is 7.92. The summed E-state index contributed by atoms with van der Waals surface area (Å²) in [4.78, 5) is 23.9. The highest BCUT2D eigenvalue weighted by molar-refractivity contribution is 6.43. The number of Topliss-reactive ketones (excluding diaryl/α,β-unsaturated/α-hetero) is 1. The summed E-state index contributed by atoms with van der Waals surface area (Å²) in [5.41, 5.74) is 0.317. The second-order valence-electron chi connectivity index (χ2n) is 7.48. The minimum Gasteiger partial charge on any atom is -0.493 e. The van der Waals surface area contributed by atoms with Crippen molar-refractivity contribution in [2.75, 3.05) is 13.7 Å². The summed E-state index contributed by atoms with van der Waals surface area (Å²) in [5, 5.41) is -1.35. The number of carbonyl (C=O) groups excluding carboxylic acids is 2. The summed E-state index contributed by atoms with van der Waals surface area (Å²) < 4.78 is 10.3. The van der Waals surface area contributed by atoms with Gasteiger partial charge in [0.2, 0.25) is 0 Å². The molecule has 0 saturated heterocycles. The number of carbonyl (C=O) groups is 2. The molecule has 0 amide bonds. The molecule has 164 valence electrons. The van der Waals surface area contributed by atoms with Gasteiger partial charge < -0.3 is 9.47 Å². The van der Waals surface area contributed by atoms with E-state index in [1.807, 2.05) is 0 Å². The lowest BCUT2D eigenvalue weighted by molar-refractivity contribution is -0.139. The summed E-state index contributed by atoms with van der Waals surface area (Å²) >= 11 is 5.89. The van der Waals surface area contributed by atoms with Gasteiger partial charge in [0.05, 0.1) is 19.3 Å². The third kappa shape index (κ3) is 10.7. The summed E-state index contributed by atoms with van der Waals surface area (Å²) in [5.74, 6) is -0.786. The molecular formula is C24H37ClO4. The van der Waals surface area contributed by atoms with Gasteiger partial charge in [0.1, 0.15) is 5.75 Å². The number of halogens is 1. The summed E-state index contributed by atoms with van der Waals surface area (Å²) in [6.45, 7) is 2.80. The maximum Gasteiger partial charge on any atom is 0.331 e. The molecular weight excluding hydrogens is 388 g/mol. The summed E-state index contributed by atoms with van der Waals surface area (Å²) in [7, 11) is 1.21. The Bertz CT molecular complexity index is 588. The highest BCUT2D eigenvalue weighted by atomic mass is 35.5. The summed E-state index contributed by atoms with van der Waals surface area (Å²) in [6.07, 6.45) is 15.4. The number of methoxy groups -OCH3 is 1. The molecule has 1 atom stereocenters. The van der Waals surface area contributed by atoms with Crippen molar-refractivity contribution in [3.05, 3.63) is 29.8 Å². The predicted octanol–water partition coefficient (Wildman–Crippen LogP) is 6.73. The van der Waals surface area contributed by atoms with Crippen LogP contribution in [0, 0.1) is 0 Å². The van der Waals surface area contributed by atoms with E-state index in [0.29, 0.717) is 17.9 Å². The third-order valence-electron chi connectivity index (χ3n) is 5.05. The van der Waals surface area contributed by atoms with E-state index in [1.165, 1.54) is 71.3 Å². The van der Waals surface area contributed by atoms with Crippen LogP contribution in [0.25, 0.3) is 0 Å². The molecule has 0 bridgehead atoms. The first kappa shape index (κ1) is 25.5. The zero-order chi connectivity index (χ0) is 21.3. The Kier molecular flexibility index (Phi) is 14.3. The van der Waals surface area contributed by atoms with E-state index in [1.54, 1.807) is 24.3 Å². The molecule has 0 aliphatic rings. The van der Waals surface area contributed by atoms with Crippen molar-refractivity contribution in [1.82, 2.24) is 0 Å². The van der Waals surface area contributed by atoms with Crippen LogP contribution in [-0.4, -0.2) is 30.8 Å². The van der Waals surface area contributed by atoms with Gasteiger partial charge in [-0.15, -0.1) is 11.6 Å². The maximum absolute atomic E-state index is 12.4. The Labute approximate surface area is 181 Å². The molecule has 0 heterocycles. The van der Waals surface area contributed by atoms with E-state index in [4.69, 9.17) is 16.3 Å². The van der Waals surface area contributed by atoms with Crippen LogP contribution in [0.3, 0.4) is 0 Å². The van der Waals surface area contributed by atoms with E-state index in [0.717, 1.165) is 12.8 Å². The molecule has 29 heavy (non-hydrogen) atoms. The third-order valence-corrected chi connectivity index (χ3v) is 5.42. The Morgan fingerprint density at radius 3 is 1.93 bits per heavy atom. The van der Waals surface area contributed by atoms with Gasteiger partial charge in [0.15, 0.2) is 11.2 Å². The molecule has 0 N–H and O–H groups in total. The van der Waals surface area contributed by atoms with E-state index in [2.05, 4.69) is 11.7 Å².